The van der Waals surface area contributed by atoms with Crippen molar-refractivity contribution in [3.05, 3.63) is 35.9 Å². The number of hydrogen-bond acceptors (Lipinski definition) is 3. The molecule has 0 unspecified atom stereocenters. The van der Waals surface area contributed by atoms with E-state index in [-0.39, 0.29) is 11.8 Å². The number of rotatable bonds is 5. The molecule has 0 bridgehead atoms. The van der Waals surface area contributed by atoms with Gasteiger partial charge in [-0.15, -0.1) is 0 Å². The van der Waals surface area contributed by atoms with Gasteiger partial charge in [0.25, 0.3) is 5.91 Å². The first-order valence-corrected chi connectivity index (χ1v) is 7.55. The van der Waals surface area contributed by atoms with Gasteiger partial charge in [0, 0.05) is 31.7 Å². The highest BCUT2D eigenvalue weighted by Gasteiger charge is 2.24. The minimum absolute atomic E-state index is 0.0480. The third kappa shape index (κ3) is 4.29. The standard InChI is InChI=1S/C16H23N3O2/c1-2-8-17-13-15(20)18-9-11-19(12-10-18)16(21)14-6-4-3-5-7-14/h3-7,17H,2,8-13H2,1H3. The van der Waals surface area contributed by atoms with Crippen molar-refractivity contribution < 1.29 is 9.59 Å². The molecule has 21 heavy (non-hydrogen) atoms. The van der Waals surface area contributed by atoms with Gasteiger partial charge in [0.05, 0.1) is 6.54 Å². The summed E-state index contributed by atoms with van der Waals surface area (Å²) in [5.74, 6) is 0.169. The molecule has 1 aromatic carbocycles. The molecule has 1 saturated heterocycles. The molecule has 1 aromatic rings. The summed E-state index contributed by atoms with van der Waals surface area (Å²) >= 11 is 0. The van der Waals surface area contributed by atoms with E-state index in [0.29, 0.717) is 38.3 Å². The normalized spacial score (nSPS) is 15.1. The monoisotopic (exact) mass is 289 g/mol. The zero-order valence-electron chi connectivity index (χ0n) is 12.5. The highest BCUT2D eigenvalue weighted by atomic mass is 16.2. The molecule has 1 heterocycles. The van der Waals surface area contributed by atoms with E-state index in [2.05, 4.69) is 12.2 Å². The van der Waals surface area contributed by atoms with E-state index in [1.54, 1.807) is 0 Å². The summed E-state index contributed by atoms with van der Waals surface area (Å²) in [6.07, 6.45) is 1.02. The molecule has 0 aliphatic carbocycles. The molecule has 1 aliphatic rings. The molecular formula is C16H23N3O2. The molecule has 1 N–H and O–H groups in total. The number of nitrogens with one attached hydrogen (secondary N) is 1. The maximum Gasteiger partial charge on any atom is 0.253 e. The topological polar surface area (TPSA) is 52.7 Å². The number of hydrogen-bond donors (Lipinski definition) is 1. The molecule has 5 heteroatoms. The number of nitrogens with zero attached hydrogens (tertiary/aromatic N) is 2. The van der Waals surface area contributed by atoms with Gasteiger partial charge >= 0.3 is 0 Å². The van der Waals surface area contributed by atoms with E-state index in [1.807, 2.05) is 40.1 Å². The molecule has 2 amide bonds. The summed E-state index contributed by atoms with van der Waals surface area (Å²) in [5.41, 5.74) is 0.710. The second-order valence-electron chi connectivity index (χ2n) is 5.22. The third-order valence-electron chi connectivity index (χ3n) is 3.64. The molecule has 0 atom stereocenters. The van der Waals surface area contributed by atoms with Crippen molar-refractivity contribution in [2.75, 3.05) is 39.3 Å². The lowest BCUT2D eigenvalue weighted by Crippen LogP contribution is -2.52. The maximum absolute atomic E-state index is 12.3. The van der Waals surface area contributed by atoms with Crippen LogP contribution in [-0.2, 0) is 4.79 Å². The minimum atomic E-state index is 0.0480. The van der Waals surface area contributed by atoms with Crippen molar-refractivity contribution in [2.45, 2.75) is 13.3 Å². The number of carbonyl (C=O) groups excluding carboxylic acids is 2. The van der Waals surface area contributed by atoms with Crippen LogP contribution in [0.4, 0.5) is 0 Å². The van der Waals surface area contributed by atoms with E-state index < -0.39 is 0 Å². The maximum atomic E-state index is 12.3. The Morgan fingerprint density at radius 1 is 1.05 bits per heavy atom. The van der Waals surface area contributed by atoms with Gasteiger partial charge in [0.1, 0.15) is 0 Å². The third-order valence-corrected chi connectivity index (χ3v) is 3.64. The number of piperazine rings is 1. The van der Waals surface area contributed by atoms with E-state index >= 15 is 0 Å². The average Bonchev–Trinajstić information content (AvgIpc) is 2.55. The SMILES string of the molecule is CCCNCC(=O)N1CCN(C(=O)c2ccccc2)CC1. The second-order valence-corrected chi connectivity index (χ2v) is 5.22. The van der Waals surface area contributed by atoms with Crippen molar-refractivity contribution >= 4 is 11.8 Å². The molecular weight excluding hydrogens is 266 g/mol. The smallest absolute Gasteiger partial charge is 0.253 e. The van der Waals surface area contributed by atoms with Gasteiger partial charge in [-0.25, -0.2) is 0 Å². The quantitative estimate of drug-likeness (QED) is 0.822. The Bertz CT molecular complexity index is 468. The van der Waals surface area contributed by atoms with Crippen LogP contribution in [0.1, 0.15) is 23.7 Å². The fourth-order valence-electron chi connectivity index (χ4n) is 2.41. The van der Waals surface area contributed by atoms with Crippen LogP contribution in [0.15, 0.2) is 30.3 Å². The first-order chi connectivity index (χ1) is 10.2. The lowest BCUT2D eigenvalue weighted by molar-refractivity contribution is -0.131. The lowest BCUT2D eigenvalue weighted by Gasteiger charge is -2.35. The number of benzene rings is 1. The molecule has 1 fully saturated rings. The van der Waals surface area contributed by atoms with Crippen LogP contribution in [0.2, 0.25) is 0 Å². The Morgan fingerprint density at radius 3 is 2.29 bits per heavy atom. The zero-order chi connectivity index (χ0) is 15.1. The minimum Gasteiger partial charge on any atom is -0.338 e. The van der Waals surface area contributed by atoms with Gasteiger partial charge in [-0.05, 0) is 25.1 Å². The number of amides is 2. The van der Waals surface area contributed by atoms with E-state index in [0.717, 1.165) is 13.0 Å². The highest BCUT2D eigenvalue weighted by Crippen LogP contribution is 2.08. The molecule has 114 valence electrons. The Hall–Kier alpha value is -1.88. The lowest BCUT2D eigenvalue weighted by atomic mass is 10.2. The van der Waals surface area contributed by atoms with Gasteiger partial charge in [0.15, 0.2) is 0 Å². The Labute approximate surface area is 125 Å². The summed E-state index contributed by atoms with van der Waals surface area (Å²) in [4.78, 5) is 27.9. The van der Waals surface area contributed by atoms with Crippen molar-refractivity contribution in [3.63, 3.8) is 0 Å². The van der Waals surface area contributed by atoms with Crippen LogP contribution in [0, 0.1) is 0 Å². The van der Waals surface area contributed by atoms with Gasteiger partial charge in [0.2, 0.25) is 5.91 Å². The van der Waals surface area contributed by atoms with Crippen LogP contribution in [0.3, 0.4) is 0 Å². The first kappa shape index (κ1) is 15.5. The fraction of sp³-hybridized carbons (Fsp3) is 0.500. The van der Waals surface area contributed by atoms with E-state index in [4.69, 9.17) is 0 Å². The molecule has 0 spiro atoms. The van der Waals surface area contributed by atoms with Crippen molar-refractivity contribution in [2.24, 2.45) is 0 Å². The van der Waals surface area contributed by atoms with E-state index in [1.165, 1.54) is 0 Å². The Kier molecular flexibility index (Phi) is 5.75. The van der Waals surface area contributed by atoms with E-state index in [9.17, 15) is 9.59 Å². The molecule has 0 saturated carbocycles. The highest BCUT2D eigenvalue weighted by molar-refractivity contribution is 5.94. The van der Waals surface area contributed by atoms with Crippen molar-refractivity contribution in [3.8, 4) is 0 Å². The summed E-state index contributed by atoms with van der Waals surface area (Å²) in [6.45, 7) is 5.76. The molecule has 1 aliphatic heterocycles. The molecule has 0 aromatic heterocycles. The summed E-state index contributed by atoms with van der Waals surface area (Å²) in [5, 5.41) is 3.12. The molecule has 2 rings (SSSR count). The van der Waals surface area contributed by atoms with Crippen LogP contribution < -0.4 is 5.32 Å². The summed E-state index contributed by atoms with van der Waals surface area (Å²) in [7, 11) is 0. The Balaban J connectivity index is 1.80. The van der Waals surface area contributed by atoms with Crippen molar-refractivity contribution in [1.82, 2.24) is 15.1 Å². The van der Waals surface area contributed by atoms with Gasteiger partial charge in [-0.3, -0.25) is 9.59 Å². The van der Waals surface area contributed by atoms with Crippen LogP contribution in [0.5, 0.6) is 0 Å². The van der Waals surface area contributed by atoms with Crippen LogP contribution in [-0.4, -0.2) is 60.9 Å². The Morgan fingerprint density at radius 2 is 1.67 bits per heavy atom. The fourth-order valence-corrected chi connectivity index (χ4v) is 2.41. The molecule has 0 radical (unpaired) electrons. The average molecular weight is 289 g/mol. The summed E-state index contributed by atoms with van der Waals surface area (Å²) < 4.78 is 0. The number of carbonyl (C=O) groups is 2. The predicted molar refractivity (Wildman–Crippen MR) is 82.1 cm³/mol. The van der Waals surface area contributed by atoms with Gasteiger partial charge < -0.3 is 15.1 Å². The second kappa shape index (κ2) is 7.78. The van der Waals surface area contributed by atoms with Gasteiger partial charge in [-0.2, -0.15) is 0 Å². The van der Waals surface area contributed by atoms with Crippen molar-refractivity contribution in [1.29, 1.82) is 0 Å². The predicted octanol–water partition coefficient (Wildman–Crippen LogP) is 0.971. The summed E-state index contributed by atoms with van der Waals surface area (Å²) in [6, 6.07) is 9.29. The van der Waals surface area contributed by atoms with Crippen LogP contribution in [0.25, 0.3) is 0 Å². The van der Waals surface area contributed by atoms with Gasteiger partial charge in [-0.1, -0.05) is 25.1 Å². The van der Waals surface area contributed by atoms with Crippen LogP contribution >= 0.6 is 0 Å². The zero-order valence-corrected chi connectivity index (χ0v) is 12.5. The first-order valence-electron chi connectivity index (χ1n) is 7.55. The molecule has 5 nitrogen and oxygen atoms in total. The largest absolute Gasteiger partial charge is 0.338 e.